The molecule has 0 atom stereocenters. The molecule has 0 saturated heterocycles. The van der Waals surface area contributed by atoms with Crippen molar-refractivity contribution in [1.82, 2.24) is 9.36 Å². The van der Waals surface area contributed by atoms with Crippen molar-refractivity contribution in [3.63, 3.8) is 0 Å². The summed E-state index contributed by atoms with van der Waals surface area (Å²) in [4.78, 5) is 4.11. The Morgan fingerprint density at radius 1 is 1.14 bits per heavy atom. The third-order valence-electron chi connectivity index (χ3n) is 2.60. The predicted molar refractivity (Wildman–Crippen MR) is 84.7 cm³/mol. The van der Waals surface area contributed by atoms with E-state index in [0.717, 1.165) is 5.39 Å². The van der Waals surface area contributed by atoms with E-state index in [1.165, 1.54) is 17.6 Å². The van der Waals surface area contributed by atoms with Crippen molar-refractivity contribution < 1.29 is 5.11 Å². The first-order valence-electron chi connectivity index (χ1n) is 5.56. The van der Waals surface area contributed by atoms with Gasteiger partial charge in [0, 0.05) is 6.20 Å². The molecule has 5 nitrogen and oxygen atoms in total. The van der Waals surface area contributed by atoms with E-state index in [9.17, 15) is 5.11 Å². The van der Waals surface area contributed by atoms with Crippen molar-refractivity contribution in [3.8, 4) is 5.75 Å². The summed E-state index contributed by atoms with van der Waals surface area (Å²) in [6, 6.07) is 5.02. The van der Waals surface area contributed by atoms with Crippen LogP contribution in [0.3, 0.4) is 0 Å². The molecule has 0 aliphatic carbocycles. The van der Waals surface area contributed by atoms with E-state index in [0.29, 0.717) is 10.6 Å². The molecule has 9 heteroatoms. The van der Waals surface area contributed by atoms with Crippen LogP contribution >= 0.6 is 46.3 Å². The molecule has 0 aliphatic rings. The van der Waals surface area contributed by atoms with Crippen molar-refractivity contribution in [1.29, 1.82) is 0 Å². The fourth-order valence-electron chi connectivity index (χ4n) is 1.59. The molecular weight excluding hydrogens is 355 g/mol. The van der Waals surface area contributed by atoms with Gasteiger partial charge in [0.1, 0.15) is 10.7 Å². The highest BCUT2D eigenvalue weighted by Crippen LogP contribution is 2.44. The Bertz CT molecular complexity index is 865. The number of halogens is 3. The first kappa shape index (κ1) is 14.5. The van der Waals surface area contributed by atoms with Crippen LogP contribution < -0.4 is 0 Å². The van der Waals surface area contributed by atoms with Gasteiger partial charge in [-0.2, -0.15) is 4.37 Å². The van der Waals surface area contributed by atoms with E-state index in [-0.39, 0.29) is 26.5 Å². The van der Waals surface area contributed by atoms with Gasteiger partial charge in [0.05, 0.1) is 15.4 Å². The van der Waals surface area contributed by atoms with Gasteiger partial charge in [-0.1, -0.05) is 34.8 Å². The highest BCUT2D eigenvalue weighted by Gasteiger charge is 2.14. The zero-order valence-electron chi connectivity index (χ0n) is 10.1. The quantitative estimate of drug-likeness (QED) is 0.466. The molecule has 0 aliphatic heterocycles. The highest BCUT2D eigenvalue weighted by atomic mass is 35.5. The van der Waals surface area contributed by atoms with Crippen LogP contribution in [0.4, 0.5) is 10.7 Å². The van der Waals surface area contributed by atoms with Gasteiger partial charge in [-0.05, 0) is 29.7 Å². The standard InChI is InChI=1S/C12H5Cl3N4OS/c13-6-4-7(8(14)9(15)10(6)20)17-18-12-5-2-1-3-16-11(5)19-21-12/h1-4,20H. The van der Waals surface area contributed by atoms with Crippen molar-refractivity contribution >= 4 is 68.1 Å². The van der Waals surface area contributed by atoms with E-state index in [2.05, 4.69) is 19.6 Å². The summed E-state index contributed by atoms with van der Waals surface area (Å²) in [7, 11) is 0. The Morgan fingerprint density at radius 2 is 1.95 bits per heavy atom. The zero-order valence-corrected chi connectivity index (χ0v) is 13.2. The molecule has 1 N–H and O–H groups in total. The average Bonchev–Trinajstić information content (AvgIpc) is 2.91. The van der Waals surface area contributed by atoms with E-state index in [4.69, 9.17) is 34.8 Å². The minimum atomic E-state index is -0.283. The van der Waals surface area contributed by atoms with Crippen molar-refractivity contribution in [3.05, 3.63) is 39.5 Å². The van der Waals surface area contributed by atoms with Crippen LogP contribution in [0.5, 0.6) is 5.75 Å². The largest absolute Gasteiger partial charge is 0.505 e. The Kier molecular flexibility index (Phi) is 3.95. The Balaban J connectivity index is 2.04. The molecule has 0 unspecified atom stereocenters. The number of azo groups is 1. The SMILES string of the molecule is Oc1c(Cl)cc(N=Nc2snc3ncccc23)c(Cl)c1Cl. The maximum absolute atomic E-state index is 9.57. The van der Waals surface area contributed by atoms with Gasteiger partial charge in [0.15, 0.2) is 16.4 Å². The fraction of sp³-hybridized carbons (Fsp3) is 0. The predicted octanol–water partition coefficient (Wildman–Crippen LogP) is 5.77. The van der Waals surface area contributed by atoms with E-state index >= 15 is 0 Å². The number of nitrogens with zero attached hydrogens (tertiary/aromatic N) is 4. The lowest BCUT2D eigenvalue weighted by molar-refractivity contribution is 0.476. The van der Waals surface area contributed by atoms with Crippen molar-refractivity contribution in [2.75, 3.05) is 0 Å². The summed E-state index contributed by atoms with van der Waals surface area (Å²) >= 11 is 18.9. The van der Waals surface area contributed by atoms with Crippen LogP contribution in [-0.2, 0) is 0 Å². The van der Waals surface area contributed by atoms with Crippen LogP contribution in [0.1, 0.15) is 0 Å². The molecule has 0 fully saturated rings. The second-order valence-corrected chi connectivity index (χ2v) is 5.83. The van der Waals surface area contributed by atoms with Gasteiger partial charge < -0.3 is 5.11 Å². The first-order chi connectivity index (χ1) is 10.1. The molecule has 2 heterocycles. The summed E-state index contributed by atoms with van der Waals surface area (Å²) in [5.41, 5.74) is 0.860. The van der Waals surface area contributed by atoms with Gasteiger partial charge in [0.25, 0.3) is 0 Å². The van der Waals surface area contributed by atoms with Crippen LogP contribution in [0.2, 0.25) is 15.1 Å². The molecule has 3 rings (SSSR count). The molecule has 0 radical (unpaired) electrons. The van der Waals surface area contributed by atoms with Crippen LogP contribution in [0, 0.1) is 0 Å². The summed E-state index contributed by atoms with van der Waals surface area (Å²) in [5.74, 6) is -0.283. The van der Waals surface area contributed by atoms with Crippen LogP contribution in [0.15, 0.2) is 34.6 Å². The number of fused-ring (bicyclic) bond motifs is 1. The van der Waals surface area contributed by atoms with Gasteiger partial charge >= 0.3 is 0 Å². The number of hydrogen-bond acceptors (Lipinski definition) is 6. The first-order valence-corrected chi connectivity index (χ1v) is 7.47. The molecule has 2 aromatic heterocycles. The fourth-order valence-corrected chi connectivity index (χ4v) is 2.87. The number of aromatic nitrogens is 2. The third-order valence-corrected chi connectivity index (χ3v) is 4.47. The molecule has 21 heavy (non-hydrogen) atoms. The number of benzene rings is 1. The molecule has 0 spiro atoms. The number of rotatable bonds is 2. The van der Waals surface area contributed by atoms with Gasteiger partial charge in [-0.25, -0.2) is 4.98 Å². The lowest BCUT2D eigenvalue weighted by Crippen LogP contribution is -1.75. The normalized spacial score (nSPS) is 11.6. The Morgan fingerprint density at radius 3 is 2.76 bits per heavy atom. The number of aromatic hydroxyl groups is 1. The van der Waals surface area contributed by atoms with Crippen molar-refractivity contribution in [2.24, 2.45) is 10.2 Å². The van der Waals surface area contributed by atoms with Crippen LogP contribution in [-0.4, -0.2) is 14.5 Å². The Hall–Kier alpha value is -1.47. The van der Waals surface area contributed by atoms with E-state index in [1.807, 2.05) is 6.07 Å². The molecule has 106 valence electrons. The maximum Gasteiger partial charge on any atom is 0.175 e. The zero-order chi connectivity index (χ0) is 15.0. The minimum absolute atomic E-state index is 0.0502. The van der Waals surface area contributed by atoms with Gasteiger partial charge in [-0.15, -0.1) is 10.2 Å². The second-order valence-electron chi connectivity index (χ2n) is 3.92. The Labute approximate surface area is 138 Å². The molecular formula is C12H5Cl3N4OS. The number of pyridine rings is 1. The number of hydrogen-bond donors (Lipinski definition) is 1. The van der Waals surface area contributed by atoms with Crippen LogP contribution in [0.25, 0.3) is 11.0 Å². The summed E-state index contributed by atoms with van der Waals surface area (Å²) in [6.07, 6.45) is 1.65. The van der Waals surface area contributed by atoms with E-state index < -0.39 is 0 Å². The maximum atomic E-state index is 9.57. The minimum Gasteiger partial charge on any atom is -0.505 e. The van der Waals surface area contributed by atoms with E-state index in [1.54, 1.807) is 12.3 Å². The number of phenols is 1. The molecule has 1 aromatic carbocycles. The smallest absolute Gasteiger partial charge is 0.175 e. The lowest BCUT2D eigenvalue weighted by Gasteiger charge is -2.04. The monoisotopic (exact) mass is 358 g/mol. The average molecular weight is 360 g/mol. The molecule has 0 amide bonds. The topological polar surface area (TPSA) is 70.7 Å². The molecule has 0 saturated carbocycles. The number of phenolic OH excluding ortho intramolecular Hbond substituents is 1. The van der Waals surface area contributed by atoms with Gasteiger partial charge in [0.2, 0.25) is 0 Å². The highest BCUT2D eigenvalue weighted by molar-refractivity contribution is 7.11. The summed E-state index contributed by atoms with van der Waals surface area (Å²) < 4.78 is 4.15. The summed E-state index contributed by atoms with van der Waals surface area (Å²) in [5, 5.41) is 19.1. The third kappa shape index (κ3) is 2.67. The second kappa shape index (κ2) is 5.73. The summed E-state index contributed by atoms with van der Waals surface area (Å²) in [6.45, 7) is 0. The molecule has 3 aromatic rings. The van der Waals surface area contributed by atoms with Gasteiger partial charge in [-0.3, -0.25) is 0 Å². The van der Waals surface area contributed by atoms with Crippen molar-refractivity contribution in [2.45, 2.75) is 0 Å². The molecule has 0 bridgehead atoms. The lowest BCUT2D eigenvalue weighted by atomic mass is 10.3.